The Morgan fingerprint density at radius 1 is 1.56 bits per heavy atom. The number of nitrogens with two attached hydrogens (primary N) is 1. The fourth-order valence-corrected chi connectivity index (χ4v) is 5.50. The van der Waals surface area contributed by atoms with E-state index in [-0.39, 0.29) is 24.4 Å². The number of hydrogen-bond acceptors (Lipinski definition) is 4. The van der Waals surface area contributed by atoms with Crippen molar-refractivity contribution in [2.24, 2.45) is 11.7 Å². The Hall–Kier alpha value is 0.150. The number of nitrogens with zero attached hydrogens (tertiary/aromatic N) is 1. The zero-order valence-electron chi connectivity index (χ0n) is 9.87. The number of halogens is 2. The van der Waals surface area contributed by atoms with Crippen molar-refractivity contribution >= 4 is 45.4 Å². The molecule has 1 aliphatic heterocycles. The number of hydrogen-bond donors (Lipinski definition) is 1. The second-order valence-corrected chi connectivity index (χ2v) is 8.15. The number of thiophene rings is 1. The largest absolute Gasteiger partial charge is 0.330 e. The van der Waals surface area contributed by atoms with Gasteiger partial charge < -0.3 is 5.73 Å². The molecule has 1 aromatic heterocycles. The van der Waals surface area contributed by atoms with Crippen LogP contribution in [0.4, 0.5) is 0 Å². The van der Waals surface area contributed by atoms with Gasteiger partial charge in [0.15, 0.2) is 0 Å². The van der Waals surface area contributed by atoms with Crippen LogP contribution < -0.4 is 5.73 Å². The minimum absolute atomic E-state index is 0. The lowest BCUT2D eigenvalue weighted by atomic mass is 10.1. The van der Waals surface area contributed by atoms with Crippen LogP contribution in [0.25, 0.3) is 0 Å². The van der Waals surface area contributed by atoms with Crippen LogP contribution in [0.15, 0.2) is 16.3 Å². The molecule has 0 radical (unpaired) electrons. The fraction of sp³-hybridized carbons (Fsp3) is 0.600. The molecule has 0 bridgehead atoms. The maximum absolute atomic E-state index is 12.4. The first-order valence-electron chi connectivity index (χ1n) is 5.42. The summed E-state index contributed by atoms with van der Waals surface area (Å²) in [5.74, 6) is 0.259. The molecule has 2 N–H and O–H groups in total. The van der Waals surface area contributed by atoms with E-state index in [4.69, 9.17) is 17.3 Å². The van der Waals surface area contributed by atoms with Crippen LogP contribution in [0.5, 0.6) is 0 Å². The van der Waals surface area contributed by atoms with Gasteiger partial charge in [0.2, 0.25) is 0 Å². The van der Waals surface area contributed by atoms with Crippen LogP contribution in [0, 0.1) is 5.92 Å². The fourth-order valence-electron chi connectivity index (χ4n) is 2.17. The highest BCUT2D eigenvalue weighted by molar-refractivity contribution is 7.91. The van der Waals surface area contributed by atoms with Gasteiger partial charge in [0.1, 0.15) is 4.21 Å². The Bertz CT molecular complexity index is 504. The third-order valence-electron chi connectivity index (χ3n) is 3.05. The van der Waals surface area contributed by atoms with Crippen molar-refractivity contribution in [3.8, 4) is 0 Å². The minimum atomic E-state index is -3.40. The van der Waals surface area contributed by atoms with E-state index >= 15 is 0 Å². The van der Waals surface area contributed by atoms with E-state index in [2.05, 4.69) is 0 Å². The van der Waals surface area contributed by atoms with Crippen molar-refractivity contribution < 1.29 is 8.42 Å². The zero-order valence-corrected chi connectivity index (χ0v) is 13.1. The van der Waals surface area contributed by atoms with Gasteiger partial charge in [-0.1, -0.05) is 11.6 Å². The Morgan fingerprint density at radius 3 is 2.67 bits per heavy atom. The molecule has 0 aromatic carbocycles. The van der Waals surface area contributed by atoms with Crippen LogP contribution in [0.1, 0.15) is 13.3 Å². The van der Waals surface area contributed by atoms with Crippen LogP contribution >= 0.6 is 35.3 Å². The molecule has 104 valence electrons. The van der Waals surface area contributed by atoms with E-state index in [0.29, 0.717) is 21.6 Å². The SMILES string of the molecule is CC1CC(CN)CN1S(=O)(=O)c1ccc(Cl)s1.Cl. The average molecular weight is 331 g/mol. The Balaban J connectivity index is 0.00000162. The van der Waals surface area contributed by atoms with Crippen molar-refractivity contribution in [3.05, 3.63) is 16.5 Å². The number of rotatable bonds is 3. The highest BCUT2D eigenvalue weighted by Crippen LogP contribution is 2.33. The predicted octanol–water partition coefficient (Wildman–Crippen LogP) is 2.18. The first-order valence-corrected chi connectivity index (χ1v) is 8.06. The summed E-state index contributed by atoms with van der Waals surface area (Å²) < 4.78 is 27.1. The minimum Gasteiger partial charge on any atom is -0.330 e. The molecule has 0 spiro atoms. The van der Waals surface area contributed by atoms with Crippen LogP contribution in [-0.4, -0.2) is 31.9 Å². The van der Waals surface area contributed by atoms with E-state index in [1.165, 1.54) is 4.31 Å². The molecule has 0 amide bonds. The van der Waals surface area contributed by atoms with Gasteiger partial charge >= 0.3 is 0 Å². The smallest absolute Gasteiger partial charge is 0.252 e. The highest BCUT2D eigenvalue weighted by atomic mass is 35.5. The molecule has 0 aliphatic carbocycles. The van der Waals surface area contributed by atoms with Gasteiger partial charge in [0.05, 0.1) is 4.34 Å². The Labute approximate surface area is 123 Å². The predicted molar refractivity (Wildman–Crippen MR) is 77.1 cm³/mol. The molecule has 1 fully saturated rings. The maximum Gasteiger partial charge on any atom is 0.252 e. The summed E-state index contributed by atoms with van der Waals surface area (Å²) in [5, 5.41) is 0. The van der Waals surface area contributed by atoms with E-state index in [0.717, 1.165) is 17.8 Å². The molecule has 0 saturated carbocycles. The first-order chi connectivity index (χ1) is 7.95. The zero-order chi connectivity index (χ0) is 12.6. The summed E-state index contributed by atoms with van der Waals surface area (Å²) in [4.78, 5) is 0. The quantitative estimate of drug-likeness (QED) is 0.923. The summed E-state index contributed by atoms with van der Waals surface area (Å²) in [6, 6.07) is 3.18. The molecule has 1 aromatic rings. The summed E-state index contributed by atoms with van der Waals surface area (Å²) in [5.41, 5.74) is 5.60. The van der Waals surface area contributed by atoms with Crippen molar-refractivity contribution in [3.63, 3.8) is 0 Å². The van der Waals surface area contributed by atoms with E-state index in [1.54, 1.807) is 12.1 Å². The summed E-state index contributed by atoms with van der Waals surface area (Å²) >= 11 is 6.88. The van der Waals surface area contributed by atoms with Gasteiger partial charge in [-0.15, -0.1) is 23.7 Å². The van der Waals surface area contributed by atoms with Gasteiger partial charge in [-0.3, -0.25) is 0 Å². The molecule has 4 nitrogen and oxygen atoms in total. The van der Waals surface area contributed by atoms with Gasteiger partial charge in [-0.2, -0.15) is 4.31 Å². The maximum atomic E-state index is 12.4. The molecular weight excluding hydrogens is 315 g/mol. The van der Waals surface area contributed by atoms with Crippen LogP contribution in [-0.2, 0) is 10.0 Å². The van der Waals surface area contributed by atoms with Gasteiger partial charge in [-0.25, -0.2) is 8.42 Å². The molecule has 1 aliphatic rings. The topological polar surface area (TPSA) is 63.4 Å². The normalized spacial score (nSPS) is 25.1. The molecule has 18 heavy (non-hydrogen) atoms. The summed E-state index contributed by atoms with van der Waals surface area (Å²) in [6.45, 7) is 2.96. The molecule has 2 unspecified atom stereocenters. The molecule has 1 saturated heterocycles. The average Bonchev–Trinajstić information content (AvgIpc) is 2.85. The standard InChI is InChI=1S/C10H15ClN2O2S2.ClH/c1-7-4-8(5-12)6-13(7)17(14,15)10-3-2-9(11)16-10;/h2-3,7-8H,4-6,12H2,1H3;1H. The van der Waals surface area contributed by atoms with E-state index < -0.39 is 10.0 Å². The first kappa shape index (κ1) is 16.2. The second kappa shape index (κ2) is 6.07. The lowest BCUT2D eigenvalue weighted by Gasteiger charge is -2.19. The Morgan fingerprint density at radius 2 is 2.22 bits per heavy atom. The Kier molecular flexibility index (Phi) is 5.46. The lowest BCUT2D eigenvalue weighted by Crippen LogP contribution is -2.34. The van der Waals surface area contributed by atoms with Crippen molar-refractivity contribution in [1.82, 2.24) is 4.31 Å². The van der Waals surface area contributed by atoms with Crippen LogP contribution in [0.3, 0.4) is 0 Å². The van der Waals surface area contributed by atoms with Gasteiger partial charge in [0, 0.05) is 12.6 Å². The lowest BCUT2D eigenvalue weighted by molar-refractivity contribution is 0.406. The number of sulfonamides is 1. The van der Waals surface area contributed by atoms with Crippen molar-refractivity contribution in [2.45, 2.75) is 23.6 Å². The molecule has 2 heterocycles. The molecular formula is C10H16Cl2N2O2S2. The molecule has 8 heteroatoms. The van der Waals surface area contributed by atoms with E-state index in [1.807, 2.05) is 6.92 Å². The summed E-state index contributed by atoms with van der Waals surface area (Å²) in [6.07, 6.45) is 0.828. The second-order valence-electron chi connectivity index (χ2n) is 4.32. The highest BCUT2D eigenvalue weighted by Gasteiger charge is 2.37. The third kappa shape index (κ3) is 3.00. The molecule has 2 atom stereocenters. The third-order valence-corrected chi connectivity index (χ3v) is 6.73. The molecule has 2 rings (SSSR count). The van der Waals surface area contributed by atoms with E-state index in [9.17, 15) is 8.42 Å². The van der Waals surface area contributed by atoms with Crippen LogP contribution in [0.2, 0.25) is 4.34 Å². The van der Waals surface area contributed by atoms with Gasteiger partial charge in [0.25, 0.3) is 10.0 Å². The van der Waals surface area contributed by atoms with Gasteiger partial charge in [-0.05, 0) is 37.9 Å². The monoisotopic (exact) mass is 330 g/mol. The van der Waals surface area contributed by atoms with Crippen molar-refractivity contribution in [2.75, 3.05) is 13.1 Å². The van der Waals surface area contributed by atoms with Crippen molar-refractivity contribution in [1.29, 1.82) is 0 Å². The summed E-state index contributed by atoms with van der Waals surface area (Å²) in [7, 11) is -3.40.